The molecule has 0 amide bonds. The lowest BCUT2D eigenvalue weighted by Crippen LogP contribution is -2.63. The Morgan fingerprint density at radius 1 is 0.929 bits per heavy atom. The fourth-order valence-corrected chi connectivity index (χ4v) is 1.50. The van der Waals surface area contributed by atoms with Gasteiger partial charge in [0.2, 0.25) is 0 Å². The smallest absolute Gasteiger partial charge is 0.107 e. The first-order chi connectivity index (χ1) is 6.45. The average molecular weight is 209 g/mol. The summed E-state index contributed by atoms with van der Waals surface area (Å²) in [7, 11) is 0. The van der Waals surface area contributed by atoms with Crippen LogP contribution in [0.25, 0.3) is 0 Å². The summed E-state index contributed by atoms with van der Waals surface area (Å²) in [4.78, 5) is 1.05. The molecule has 0 spiro atoms. The predicted octanol–water partition coefficient (Wildman–Crippen LogP) is -2.32. The molecular weight excluding hydrogens is 190 g/mol. The van der Waals surface area contributed by atoms with E-state index in [-0.39, 0.29) is 0 Å². The molecule has 6 heteroatoms. The Kier molecular flexibility index (Phi) is 5.50. The summed E-state index contributed by atoms with van der Waals surface area (Å²) in [6.07, 6.45) is -2.16. The number of hydrogen-bond acceptors (Lipinski definition) is 6. The second-order valence-corrected chi connectivity index (χ2v) is 3.37. The molecule has 0 saturated heterocycles. The average Bonchev–Trinajstić information content (AvgIpc) is 2.12. The van der Waals surface area contributed by atoms with Crippen LogP contribution in [0.4, 0.5) is 0 Å². The minimum absolute atomic E-state index is 0.560. The maximum atomic E-state index is 9.34. The molecule has 0 aliphatic carbocycles. The maximum Gasteiger partial charge on any atom is 0.107 e. The second kappa shape index (κ2) is 5.59. The van der Waals surface area contributed by atoms with Gasteiger partial charge in [-0.05, 0) is 13.8 Å². The molecule has 0 saturated carbocycles. The van der Waals surface area contributed by atoms with Crippen LogP contribution in [0.5, 0.6) is 0 Å². The van der Waals surface area contributed by atoms with Gasteiger partial charge in [0, 0.05) is 0 Å². The lowest BCUT2D eigenvalue weighted by atomic mass is 10.00. The van der Waals surface area contributed by atoms with E-state index in [0.717, 1.165) is 4.90 Å². The third-order valence-electron chi connectivity index (χ3n) is 2.24. The zero-order chi connectivity index (χ0) is 11.4. The van der Waals surface area contributed by atoms with E-state index in [9.17, 15) is 10.2 Å². The molecule has 5 N–H and O–H groups in total. The van der Waals surface area contributed by atoms with E-state index >= 15 is 0 Å². The molecule has 0 aliphatic heterocycles. The molecule has 2 atom stereocenters. The molecule has 0 radical (unpaired) electrons. The van der Waals surface area contributed by atoms with Crippen molar-refractivity contribution in [1.29, 1.82) is 0 Å². The van der Waals surface area contributed by atoms with Crippen LogP contribution in [0.15, 0.2) is 0 Å². The molecule has 0 fully saturated rings. The Hall–Kier alpha value is -0.240. The van der Waals surface area contributed by atoms with Gasteiger partial charge in [0.25, 0.3) is 0 Å². The van der Waals surface area contributed by atoms with Crippen LogP contribution in [-0.2, 0) is 0 Å². The highest BCUT2D eigenvalue weighted by atomic mass is 16.3. The quantitative estimate of drug-likeness (QED) is 0.315. The molecule has 2 unspecified atom stereocenters. The zero-order valence-electron chi connectivity index (χ0n) is 8.46. The minimum Gasteiger partial charge on any atom is -0.394 e. The third-order valence-corrected chi connectivity index (χ3v) is 2.24. The first-order valence-electron chi connectivity index (χ1n) is 4.42. The first-order valence-corrected chi connectivity index (χ1v) is 4.42. The number of aliphatic hydroxyl groups excluding tert-OH is 5. The van der Waals surface area contributed by atoms with Gasteiger partial charge < -0.3 is 25.5 Å². The van der Waals surface area contributed by atoms with Gasteiger partial charge in [0.05, 0.1) is 25.4 Å². The van der Waals surface area contributed by atoms with Crippen LogP contribution < -0.4 is 0 Å². The van der Waals surface area contributed by atoms with Gasteiger partial charge in [-0.15, -0.1) is 0 Å². The van der Waals surface area contributed by atoms with Gasteiger partial charge in [0.15, 0.2) is 0 Å². The van der Waals surface area contributed by atoms with Crippen molar-refractivity contribution in [2.24, 2.45) is 0 Å². The number of aliphatic hydroxyl groups is 5. The van der Waals surface area contributed by atoms with Crippen LogP contribution in [0.1, 0.15) is 13.8 Å². The van der Waals surface area contributed by atoms with Gasteiger partial charge in [-0.25, -0.2) is 4.90 Å². The van der Waals surface area contributed by atoms with E-state index in [4.69, 9.17) is 15.3 Å². The van der Waals surface area contributed by atoms with Crippen molar-refractivity contribution in [3.63, 3.8) is 0 Å². The summed E-state index contributed by atoms with van der Waals surface area (Å²) >= 11 is 0. The molecular formula is C8H19NO5. The van der Waals surface area contributed by atoms with Crippen molar-refractivity contribution >= 4 is 0 Å². The normalized spacial score (nSPS) is 17.1. The Bertz CT molecular complexity index is 142. The highest BCUT2D eigenvalue weighted by Gasteiger charge is 2.40. The van der Waals surface area contributed by atoms with Gasteiger partial charge in [-0.2, -0.15) is 0 Å². The van der Waals surface area contributed by atoms with Crippen LogP contribution in [-0.4, -0.2) is 68.2 Å². The van der Waals surface area contributed by atoms with E-state index in [1.807, 2.05) is 0 Å². The fourth-order valence-electron chi connectivity index (χ4n) is 1.50. The minimum atomic E-state index is -1.41. The summed E-state index contributed by atoms with van der Waals surface area (Å²) in [5, 5.41) is 45.9. The molecule has 0 aromatic rings. The number of nitrogens with zero attached hydrogens (tertiary/aromatic N) is 1. The van der Waals surface area contributed by atoms with E-state index in [0.29, 0.717) is 0 Å². The van der Waals surface area contributed by atoms with Crippen molar-refractivity contribution < 1.29 is 25.5 Å². The Morgan fingerprint density at radius 2 is 1.21 bits per heavy atom. The Balaban J connectivity index is 4.90. The summed E-state index contributed by atoms with van der Waals surface area (Å²) in [6, 6.07) is 0. The molecule has 6 nitrogen and oxygen atoms in total. The van der Waals surface area contributed by atoms with Crippen molar-refractivity contribution in [2.45, 2.75) is 31.8 Å². The van der Waals surface area contributed by atoms with E-state index < -0.39 is 37.8 Å². The summed E-state index contributed by atoms with van der Waals surface area (Å²) in [6.45, 7) is 1.08. The van der Waals surface area contributed by atoms with Crippen molar-refractivity contribution in [3.8, 4) is 0 Å². The topological polar surface area (TPSA) is 104 Å². The predicted molar refractivity (Wildman–Crippen MR) is 49.2 cm³/mol. The van der Waals surface area contributed by atoms with Gasteiger partial charge in [0.1, 0.15) is 12.5 Å². The lowest BCUT2D eigenvalue weighted by molar-refractivity contribution is -0.182. The second-order valence-electron chi connectivity index (χ2n) is 3.37. The standard InChI is InChI=1S/C8H19NO5/c1-6(13)9(7(2)14)8(3-10,4-11)5-12/h6-7,10-14H,3-5H2,1-2H3. The van der Waals surface area contributed by atoms with Crippen molar-refractivity contribution in [3.05, 3.63) is 0 Å². The highest BCUT2D eigenvalue weighted by molar-refractivity contribution is 4.90. The maximum absolute atomic E-state index is 9.34. The Morgan fingerprint density at radius 3 is 1.29 bits per heavy atom. The summed E-state index contributed by atoms with van der Waals surface area (Å²) in [5.74, 6) is 0. The summed E-state index contributed by atoms with van der Waals surface area (Å²) in [5.41, 5.74) is -1.41. The number of hydrogen-bond donors (Lipinski definition) is 5. The molecule has 14 heavy (non-hydrogen) atoms. The van der Waals surface area contributed by atoms with E-state index in [1.54, 1.807) is 0 Å². The molecule has 0 rings (SSSR count). The molecule has 0 aromatic heterocycles. The van der Waals surface area contributed by atoms with Crippen LogP contribution in [0, 0.1) is 0 Å². The SMILES string of the molecule is CC(O)N(C(C)O)C(CO)(CO)CO. The monoisotopic (exact) mass is 209 g/mol. The molecule has 86 valence electrons. The largest absolute Gasteiger partial charge is 0.394 e. The van der Waals surface area contributed by atoms with Crippen LogP contribution in [0.3, 0.4) is 0 Å². The van der Waals surface area contributed by atoms with E-state index in [2.05, 4.69) is 0 Å². The summed E-state index contributed by atoms with van der Waals surface area (Å²) < 4.78 is 0. The molecule has 0 heterocycles. The third kappa shape index (κ3) is 2.63. The van der Waals surface area contributed by atoms with Crippen LogP contribution >= 0.6 is 0 Å². The van der Waals surface area contributed by atoms with Gasteiger partial charge in [-0.1, -0.05) is 0 Å². The lowest BCUT2D eigenvalue weighted by Gasteiger charge is -2.43. The fraction of sp³-hybridized carbons (Fsp3) is 1.00. The van der Waals surface area contributed by atoms with Gasteiger partial charge >= 0.3 is 0 Å². The zero-order valence-corrected chi connectivity index (χ0v) is 8.46. The molecule has 0 bridgehead atoms. The highest BCUT2D eigenvalue weighted by Crippen LogP contribution is 2.19. The van der Waals surface area contributed by atoms with Crippen molar-refractivity contribution in [1.82, 2.24) is 4.90 Å². The van der Waals surface area contributed by atoms with Crippen LogP contribution in [0.2, 0.25) is 0 Å². The molecule has 0 aromatic carbocycles. The molecule has 0 aliphatic rings. The van der Waals surface area contributed by atoms with Crippen molar-refractivity contribution in [2.75, 3.05) is 19.8 Å². The van der Waals surface area contributed by atoms with E-state index in [1.165, 1.54) is 13.8 Å². The number of rotatable bonds is 6. The Labute approximate surface area is 83.0 Å². The van der Waals surface area contributed by atoms with Gasteiger partial charge in [-0.3, -0.25) is 0 Å². The first kappa shape index (κ1) is 13.8.